The SMILES string of the molecule is CC[C@@H](CO)N[C@@H](C)c1cnn(C)c1. The van der Waals surface area contributed by atoms with Crippen LogP contribution in [-0.2, 0) is 7.05 Å². The molecule has 0 saturated carbocycles. The van der Waals surface area contributed by atoms with Gasteiger partial charge in [0.1, 0.15) is 0 Å². The van der Waals surface area contributed by atoms with Crippen LogP contribution in [0.15, 0.2) is 12.4 Å². The summed E-state index contributed by atoms with van der Waals surface area (Å²) >= 11 is 0. The first-order chi connectivity index (χ1) is 6.67. The van der Waals surface area contributed by atoms with Crippen molar-refractivity contribution >= 4 is 0 Å². The minimum Gasteiger partial charge on any atom is -0.395 e. The van der Waals surface area contributed by atoms with Crippen LogP contribution in [0.1, 0.15) is 31.9 Å². The predicted octanol–water partition coefficient (Wildman–Crippen LogP) is 0.842. The molecule has 0 unspecified atom stereocenters. The number of aliphatic hydroxyl groups is 1. The van der Waals surface area contributed by atoms with Gasteiger partial charge in [0, 0.05) is 30.9 Å². The third-order valence-electron chi connectivity index (χ3n) is 2.42. The van der Waals surface area contributed by atoms with Crippen LogP contribution in [0, 0.1) is 0 Å². The molecule has 0 amide bonds. The van der Waals surface area contributed by atoms with Crippen LogP contribution >= 0.6 is 0 Å². The lowest BCUT2D eigenvalue weighted by molar-refractivity contribution is 0.230. The Balaban J connectivity index is 2.53. The van der Waals surface area contributed by atoms with Crippen molar-refractivity contribution in [2.24, 2.45) is 7.05 Å². The van der Waals surface area contributed by atoms with Gasteiger partial charge >= 0.3 is 0 Å². The number of hydrogen-bond donors (Lipinski definition) is 2. The Kier molecular flexibility index (Phi) is 4.10. The van der Waals surface area contributed by atoms with Crippen molar-refractivity contribution in [1.82, 2.24) is 15.1 Å². The van der Waals surface area contributed by atoms with Gasteiger partial charge in [0.05, 0.1) is 12.8 Å². The number of nitrogens with one attached hydrogen (secondary N) is 1. The molecule has 1 aromatic rings. The number of rotatable bonds is 5. The number of nitrogens with zero attached hydrogens (tertiary/aromatic N) is 2. The standard InChI is InChI=1S/C10H19N3O/c1-4-10(7-14)12-8(2)9-5-11-13(3)6-9/h5-6,8,10,12,14H,4,7H2,1-3H3/t8-,10-/m0/s1. The quantitative estimate of drug-likeness (QED) is 0.735. The van der Waals surface area contributed by atoms with E-state index in [0.717, 1.165) is 12.0 Å². The molecule has 0 spiro atoms. The van der Waals surface area contributed by atoms with E-state index in [-0.39, 0.29) is 18.7 Å². The zero-order chi connectivity index (χ0) is 10.6. The highest BCUT2D eigenvalue weighted by atomic mass is 16.3. The summed E-state index contributed by atoms with van der Waals surface area (Å²) in [5.41, 5.74) is 1.15. The van der Waals surface area contributed by atoms with E-state index < -0.39 is 0 Å². The molecular formula is C10H19N3O. The van der Waals surface area contributed by atoms with Crippen molar-refractivity contribution in [3.63, 3.8) is 0 Å². The highest BCUT2D eigenvalue weighted by molar-refractivity contribution is 5.09. The second kappa shape index (κ2) is 5.12. The van der Waals surface area contributed by atoms with Crippen molar-refractivity contribution < 1.29 is 5.11 Å². The van der Waals surface area contributed by atoms with E-state index in [9.17, 15) is 0 Å². The first-order valence-corrected chi connectivity index (χ1v) is 5.02. The highest BCUT2D eigenvalue weighted by Crippen LogP contribution is 2.11. The third-order valence-corrected chi connectivity index (χ3v) is 2.42. The fraction of sp³-hybridized carbons (Fsp3) is 0.700. The van der Waals surface area contributed by atoms with Crippen LogP contribution in [0.25, 0.3) is 0 Å². The maximum absolute atomic E-state index is 9.04. The molecule has 0 aliphatic heterocycles. The van der Waals surface area contributed by atoms with Gasteiger partial charge in [-0.15, -0.1) is 0 Å². The summed E-state index contributed by atoms with van der Waals surface area (Å²) in [5, 5.41) is 16.5. The van der Waals surface area contributed by atoms with Crippen LogP contribution < -0.4 is 5.32 Å². The minimum atomic E-state index is 0.171. The molecule has 0 bridgehead atoms. The van der Waals surface area contributed by atoms with Gasteiger partial charge < -0.3 is 10.4 Å². The van der Waals surface area contributed by atoms with Crippen LogP contribution in [0.5, 0.6) is 0 Å². The largest absolute Gasteiger partial charge is 0.395 e. The molecule has 0 saturated heterocycles. The summed E-state index contributed by atoms with van der Waals surface area (Å²) in [6, 6.07) is 0.408. The molecule has 0 aromatic carbocycles. The molecule has 0 aliphatic rings. The summed E-state index contributed by atoms with van der Waals surface area (Å²) < 4.78 is 1.79. The summed E-state index contributed by atoms with van der Waals surface area (Å²) in [6.07, 6.45) is 4.77. The molecule has 2 atom stereocenters. The number of hydrogen-bond acceptors (Lipinski definition) is 3. The monoisotopic (exact) mass is 197 g/mol. The second-order valence-electron chi connectivity index (χ2n) is 3.62. The van der Waals surface area contributed by atoms with E-state index in [1.54, 1.807) is 4.68 Å². The van der Waals surface area contributed by atoms with Gasteiger partial charge in [-0.3, -0.25) is 4.68 Å². The van der Waals surface area contributed by atoms with Crippen LogP contribution in [0.4, 0.5) is 0 Å². The Bertz CT molecular complexity index is 268. The fourth-order valence-electron chi connectivity index (χ4n) is 1.41. The zero-order valence-electron chi connectivity index (χ0n) is 9.07. The topological polar surface area (TPSA) is 50.1 Å². The average Bonchev–Trinajstić information content (AvgIpc) is 2.61. The van der Waals surface area contributed by atoms with E-state index in [1.807, 2.05) is 19.4 Å². The van der Waals surface area contributed by atoms with Gasteiger partial charge in [-0.05, 0) is 13.3 Å². The molecule has 4 nitrogen and oxygen atoms in total. The summed E-state index contributed by atoms with van der Waals surface area (Å²) in [5.74, 6) is 0. The lowest BCUT2D eigenvalue weighted by Gasteiger charge is -2.19. The first-order valence-electron chi connectivity index (χ1n) is 5.02. The Morgan fingerprint density at radius 1 is 1.64 bits per heavy atom. The number of aliphatic hydroxyl groups excluding tert-OH is 1. The molecule has 1 rings (SSSR count). The molecule has 80 valence electrons. The van der Waals surface area contributed by atoms with Gasteiger partial charge in [0.2, 0.25) is 0 Å². The lowest BCUT2D eigenvalue weighted by atomic mass is 10.1. The van der Waals surface area contributed by atoms with Gasteiger partial charge in [0.15, 0.2) is 0 Å². The third kappa shape index (κ3) is 2.82. The Morgan fingerprint density at radius 3 is 2.79 bits per heavy atom. The van der Waals surface area contributed by atoms with E-state index in [1.165, 1.54) is 0 Å². The number of aryl methyl sites for hydroxylation is 1. The molecule has 0 aliphatic carbocycles. The van der Waals surface area contributed by atoms with Crippen molar-refractivity contribution in [1.29, 1.82) is 0 Å². The summed E-state index contributed by atoms with van der Waals surface area (Å²) in [4.78, 5) is 0. The lowest BCUT2D eigenvalue weighted by Crippen LogP contribution is -2.33. The molecule has 1 aromatic heterocycles. The van der Waals surface area contributed by atoms with Crippen molar-refractivity contribution in [3.8, 4) is 0 Å². The summed E-state index contributed by atoms with van der Waals surface area (Å²) in [6.45, 7) is 4.32. The van der Waals surface area contributed by atoms with E-state index in [2.05, 4.69) is 24.3 Å². The Labute approximate surface area is 84.9 Å². The smallest absolute Gasteiger partial charge is 0.0584 e. The molecule has 0 radical (unpaired) electrons. The minimum absolute atomic E-state index is 0.171. The van der Waals surface area contributed by atoms with Crippen molar-refractivity contribution in [2.75, 3.05) is 6.61 Å². The van der Waals surface area contributed by atoms with E-state index in [4.69, 9.17) is 5.11 Å². The van der Waals surface area contributed by atoms with Gasteiger partial charge in [0.25, 0.3) is 0 Å². The van der Waals surface area contributed by atoms with Crippen LogP contribution in [-0.4, -0.2) is 27.5 Å². The maximum atomic E-state index is 9.04. The first kappa shape index (κ1) is 11.2. The Hall–Kier alpha value is -0.870. The second-order valence-corrected chi connectivity index (χ2v) is 3.62. The van der Waals surface area contributed by atoms with Gasteiger partial charge in [-0.1, -0.05) is 6.92 Å². The van der Waals surface area contributed by atoms with Crippen LogP contribution in [0.3, 0.4) is 0 Å². The van der Waals surface area contributed by atoms with E-state index in [0.29, 0.717) is 0 Å². The van der Waals surface area contributed by atoms with Gasteiger partial charge in [-0.25, -0.2) is 0 Å². The predicted molar refractivity (Wildman–Crippen MR) is 55.9 cm³/mol. The maximum Gasteiger partial charge on any atom is 0.0584 e. The van der Waals surface area contributed by atoms with Crippen LogP contribution in [0.2, 0.25) is 0 Å². The molecule has 2 N–H and O–H groups in total. The Morgan fingerprint density at radius 2 is 2.36 bits per heavy atom. The van der Waals surface area contributed by atoms with E-state index >= 15 is 0 Å². The van der Waals surface area contributed by atoms with Gasteiger partial charge in [-0.2, -0.15) is 5.10 Å². The fourth-order valence-corrected chi connectivity index (χ4v) is 1.41. The molecule has 4 heteroatoms. The molecular weight excluding hydrogens is 178 g/mol. The van der Waals surface area contributed by atoms with Crippen molar-refractivity contribution in [3.05, 3.63) is 18.0 Å². The zero-order valence-corrected chi connectivity index (χ0v) is 9.07. The molecule has 1 heterocycles. The normalized spacial score (nSPS) is 15.4. The summed E-state index contributed by atoms with van der Waals surface area (Å²) in [7, 11) is 1.90. The number of aromatic nitrogens is 2. The van der Waals surface area contributed by atoms with Crippen molar-refractivity contribution in [2.45, 2.75) is 32.4 Å². The molecule has 0 fully saturated rings. The average molecular weight is 197 g/mol. The molecule has 14 heavy (non-hydrogen) atoms. The highest BCUT2D eigenvalue weighted by Gasteiger charge is 2.11.